The van der Waals surface area contributed by atoms with Gasteiger partial charge in [0.05, 0.1) is 0 Å². The second-order valence-corrected chi connectivity index (χ2v) is 11.2. The number of carbonyl (C=O) groups is 3. The molecular weight excluding hydrogens is 518 g/mol. The molecule has 3 heterocycles. The van der Waals surface area contributed by atoms with Crippen LogP contribution in [-0.4, -0.2) is 46.3 Å². The van der Waals surface area contributed by atoms with Crippen molar-refractivity contribution in [3.63, 3.8) is 0 Å². The Labute approximate surface area is 240 Å². The maximum atomic E-state index is 13.5. The Kier molecular flexibility index (Phi) is 8.61. The zero-order valence-electron chi connectivity index (χ0n) is 23.8. The van der Waals surface area contributed by atoms with Crippen molar-refractivity contribution in [2.45, 2.75) is 71.4 Å². The lowest BCUT2D eigenvalue weighted by Gasteiger charge is -2.24. The van der Waals surface area contributed by atoms with E-state index < -0.39 is 18.0 Å². The highest BCUT2D eigenvalue weighted by atomic mass is 16.5. The number of ether oxygens (including phenoxy) is 1. The monoisotopic (exact) mass is 555 g/mol. The molecular formula is C32H37N5O4. The van der Waals surface area contributed by atoms with Crippen LogP contribution in [0.25, 0.3) is 0 Å². The first-order valence-electron chi connectivity index (χ1n) is 14.4. The predicted octanol–water partition coefficient (Wildman–Crippen LogP) is 3.61. The first kappa shape index (κ1) is 28.3. The Balaban J connectivity index is 1.35. The third-order valence-corrected chi connectivity index (χ3v) is 7.49. The number of benzene rings is 2. The molecule has 0 saturated carbocycles. The Morgan fingerprint density at radius 2 is 1.85 bits per heavy atom. The minimum atomic E-state index is -0.838. The Bertz CT molecular complexity index is 1440. The summed E-state index contributed by atoms with van der Waals surface area (Å²) in [5.41, 5.74) is 4.63. The van der Waals surface area contributed by atoms with Gasteiger partial charge in [0, 0.05) is 36.3 Å². The number of nitrogens with one attached hydrogen (secondary N) is 3. The van der Waals surface area contributed by atoms with E-state index in [0.717, 1.165) is 36.2 Å². The normalized spacial score (nSPS) is 18.5. The fourth-order valence-corrected chi connectivity index (χ4v) is 5.41. The minimum absolute atomic E-state index is 0.137. The van der Waals surface area contributed by atoms with E-state index in [2.05, 4.69) is 20.9 Å². The average molecular weight is 556 g/mol. The number of aryl methyl sites for hydroxylation is 2. The van der Waals surface area contributed by atoms with Crippen molar-refractivity contribution >= 4 is 17.7 Å². The lowest BCUT2D eigenvalue weighted by Crippen LogP contribution is -2.55. The summed E-state index contributed by atoms with van der Waals surface area (Å²) in [5, 5.41) is 8.75. The van der Waals surface area contributed by atoms with Gasteiger partial charge in [0.25, 0.3) is 5.91 Å². The van der Waals surface area contributed by atoms with E-state index in [1.54, 1.807) is 24.3 Å². The average Bonchev–Trinajstić information content (AvgIpc) is 3.42. The summed E-state index contributed by atoms with van der Waals surface area (Å²) >= 11 is 0. The maximum absolute atomic E-state index is 13.5. The van der Waals surface area contributed by atoms with Crippen LogP contribution in [0, 0.1) is 12.8 Å². The highest BCUT2D eigenvalue weighted by Crippen LogP contribution is 2.24. The first-order valence-corrected chi connectivity index (χ1v) is 14.4. The number of carbonyl (C=O) groups excluding carboxylic acids is 3. The molecule has 0 saturated heterocycles. The minimum Gasteiger partial charge on any atom is -0.457 e. The van der Waals surface area contributed by atoms with Gasteiger partial charge in [-0.2, -0.15) is 0 Å². The van der Waals surface area contributed by atoms with Gasteiger partial charge in [0.1, 0.15) is 29.4 Å². The van der Waals surface area contributed by atoms with Crippen LogP contribution >= 0.6 is 0 Å². The molecule has 2 aromatic carbocycles. The Morgan fingerprint density at radius 3 is 2.63 bits per heavy atom. The van der Waals surface area contributed by atoms with Gasteiger partial charge in [0.15, 0.2) is 0 Å². The number of aromatic nitrogens is 2. The zero-order valence-corrected chi connectivity index (χ0v) is 23.8. The van der Waals surface area contributed by atoms with Gasteiger partial charge in [0.2, 0.25) is 11.8 Å². The van der Waals surface area contributed by atoms with Gasteiger partial charge in [-0.15, -0.1) is 0 Å². The van der Waals surface area contributed by atoms with Crippen LogP contribution < -0.4 is 20.7 Å². The van der Waals surface area contributed by atoms with Crippen molar-refractivity contribution < 1.29 is 19.1 Å². The molecule has 0 radical (unpaired) electrons. The van der Waals surface area contributed by atoms with Crippen LogP contribution in [0.2, 0.25) is 0 Å². The Morgan fingerprint density at radius 1 is 1.05 bits per heavy atom. The fraction of sp³-hybridized carbons (Fsp3) is 0.406. The number of hydrogen-bond acceptors (Lipinski definition) is 6. The van der Waals surface area contributed by atoms with E-state index in [9.17, 15) is 14.4 Å². The van der Waals surface area contributed by atoms with Crippen LogP contribution in [0.15, 0.2) is 48.5 Å². The summed E-state index contributed by atoms with van der Waals surface area (Å²) in [6.07, 6.45) is 4.29. The molecule has 1 aromatic heterocycles. The topological polar surface area (TPSA) is 122 Å². The molecule has 2 aliphatic heterocycles. The van der Waals surface area contributed by atoms with Gasteiger partial charge >= 0.3 is 0 Å². The molecule has 1 aliphatic carbocycles. The molecule has 9 heteroatoms. The van der Waals surface area contributed by atoms with Gasteiger partial charge in [-0.1, -0.05) is 32.0 Å². The van der Waals surface area contributed by atoms with Gasteiger partial charge < -0.3 is 20.7 Å². The smallest absolute Gasteiger partial charge is 0.252 e. The molecule has 2 atom stereocenters. The zero-order chi connectivity index (χ0) is 28.9. The lowest BCUT2D eigenvalue weighted by atomic mass is 10.0. The van der Waals surface area contributed by atoms with Crippen molar-refractivity contribution in [3.8, 4) is 11.5 Å². The van der Waals surface area contributed by atoms with Crippen molar-refractivity contribution in [1.29, 1.82) is 0 Å². The molecule has 0 fully saturated rings. The summed E-state index contributed by atoms with van der Waals surface area (Å²) < 4.78 is 5.96. The summed E-state index contributed by atoms with van der Waals surface area (Å²) in [6.45, 7) is 6.33. The Hall–Kier alpha value is -4.27. The third kappa shape index (κ3) is 7.09. The second kappa shape index (κ2) is 12.5. The van der Waals surface area contributed by atoms with Gasteiger partial charge in [-0.25, -0.2) is 9.97 Å². The van der Waals surface area contributed by atoms with Crippen LogP contribution in [-0.2, 0) is 35.3 Å². The van der Waals surface area contributed by atoms with Gasteiger partial charge in [-0.3, -0.25) is 14.4 Å². The number of hydrogen-bond donors (Lipinski definition) is 3. The number of amides is 3. The molecule has 6 rings (SSSR count). The van der Waals surface area contributed by atoms with Crippen molar-refractivity contribution in [3.05, 3.63) is 82.4 Å². The summed E-state index contributed by atoms with van der Waals surface area (Å²) in [7, 11) is 0. The van der Waals surface area contributed by atoms with Gasteiger partial charge in [-0.05, 0) is 80.0 Å². The van der Waals surface area contributed by atoms with E-state index in [-0.39, 0.29) is 24.2 Å². The molecule has 41 heavy (non-hydrogen) atoms. The molecule has 3 aromatic rings. The van der Waals surface area contributed by atoms with Crippen LogP contribution in [0.5, 0.6) is 11.5 Å². The first-order chi connectivity index (χ1) is 19.7. The van der Waals surface area contributed by atoms with E-state index in [1.165, 1.54) is 5.56 Å². The molecule has 214 valence electrons. The van der Waals surface area contributed by atoms with E-state index in [4.69, 9.17) is 9.72 Å². The molecule has 0 unspecified atom stereocenters. The highest BCUT2D eigenvalue weighted by molar-refractivity contribution is 5.98. The summed E-state index contributed by atoms with van der Waals surface area (Å²) in [6, 6.07) is 12.6. The summed E-state index contributed by atoms with van der Waals surface area (Å²) in [4.78, 5) is 49.4. The van der Waals surface area contributed by atoms with E-state index in [0.29, 0.717) is 42.3 Å². The summed E-state index contributed by atoms with van der Waals surface area (Å²) in [5.74, 6) is 0.891. The third-order valence-electron chi connectivity index (χ3n) is 7.49. The maximum Gasteiger partial charge on any atom is 0.252 e. The van der Waals surface area contributed by atoms with Crippen molar-refractivity contribution in [2.75, 3.05) is 6.54 Å². The number of nitrogens with zero attached hydrogens (tertiary/aromatic N) is 2. The standard InChI is InChI=1S/C32H37N5O4/c1-19(2)16-27-32(40)37-28(31(39)33-15-14-29-34-20(3)25-8-5-9-26(25)35-29)17-21-10-12-23(13-11-21)41-24-7-4-6-22(18-24)30(38)36-27/h4,6-7,10-13,18-19,27-28H,5,8-9,14-17H2,1-3H3,(H,33,39)(H,36,38)(H,37,40)/t27-,28+/m0/s1. The van der Waals surface area contributed by atoms with Crippen LogP contribution in [0.3, 0.4) is 0 Å². The molecule has 3 aliphatic rings. The fourth-order valence-electron chi connectivity index (χ4n) is 5.41. The lowest BCUT2D eigenvalue weighted by molar-refractivity contribution is -0.130. The van der Waals surface area contributed by atoms with Crippen LogP contribution in [0.4, 0.5) is 0 Å². The quantitative estimate of drug-likeness (QED) is 0.427. The SMILES string of the molecule is Cc1nc(CCNC(=O)[C@H]2Cc3ccc(cc3)Oc3cccc(c3)C(=O)N[C@@H](CC(C)C)C(=O)N2)nc2c1CCC2. The number of rotatable bonds is 6. The van der Waals surface area contributed by atoms with Crippen molar-refractivity contribution in [2.24, 2.45) is 5.92 Å². The molecule has 3 N–H and O–H groups in total. The largest absolute Gasteiger partial charge is 0.457 e. The molecule has 3 amide bonds. The number of fused-ring (bicyclic) bond motifs is 9. The predicted molar refractivity (Wildman–Crippen MR) is 155 cm³/mol. The molecule has 4 bridgehead atoms. The molecule has 0 spiro atoms. The van der Waals surface area contributed by atoms with Crippen molar-refractivity contribution in [1.82, 2.24) is 25.9 Å². The highest BCUT2D eigenvalue weighted by Gasteiger charge is 2.28. The second-order valence-electron chi connectivity index (χ2n) is 11.2. The van der Waals surface area contributed by atoms with E-state index in [1.807, 2.05) is 45.0 Å². The van der Waals surface area contributed by atoms with E-state index >= 15 is 0 Å². The van der Waals surface area contributed by atoms with Crippen LogP contribution in [0.1, 0.15) is 65.4 Å². The molecule has 9 nitrogen and oxygen atoms in total.